The highest BCUT2D eigenvalue weighted by molar-refractivity contribution is 7.87. The van der Waals surface area contributed by atoms with E-state index in [2.05, 4.69) is 30.1 Å². The van der Waals surface area contributed by atoms with Crippen LogP contribution < -0.4 is 30.1 Å². The van der Waals surface area contributed by atoms with Crippen molar-refractivity contribution in [2.24, 2.45) is 0 Å². The molecule has 3 saturated heterocycles. The number of anilines is 3. The highest BCUT2D eigenvalue weighted by Gasteiger charge is 2.43. The minimum atomic E-state index is -3.88. The largest absolute Gasteiger partial charge is 0.325 e. The van der Waals surface area contributed by atoms with Crippen molar-refractivity contribution in [3.8, 4) is 0 Å². The minimum absolute atomic E-state index is 0. The molecule has 3 heterocycles. The Labute approximate surface area is 503 Å². The van der Waals surface area contributed by atoms with Crippen LogP contribution in [-0.2, 0) is 45.0 Å². The fraction of sp³-hybridized carbons (Fsp3) is 0.250. The quantitative estimate of drug-likeness (QED) is 0.0806. The molecule has 30 heteroatoms. The van der Waals surface area contributed by atoms with Gasteiger partial charge in [-0.2, -0.15) is 52.3 Å². The molecule has 3 aliphatic heterocycles. The summed E-state index contributed by atoms with van der Waals surface area (Å²) in [5.41, 5.74) is 2.78. The number of carbonyl (C=O) groups is 3. The molecular formula is C52H52Cl6F3N9O9S3. The van der Waals surface area contributed by atoms with Gasteiger partial charge >= 0.3 is 0 Å². The molecule has 2 unspecified atom stereocenters. The monoisotopic (exact) mass is 1310 g/mol. The first-order valence-corrected chi connectivity index (χ1v) is 30.4. The molecule has 82 heavy (non-hydrogen) atoms. The summed E-state index contributed by atoms with van der Waals surface area (Å²) in [5.74, 6) is -3.47. The smallest absolute Gasteiger partial charge is 0.280 e. The third-order valence-electron chi connectivity index (χ3n) is 12.9. The summed E-state index contributed by atoms with van der Waals surface area (Å²) < 4.78 is 125. The van der Waals surface area contributed by atoms with Gasteiger partial charge in [-0.15, -0.1) is 0 Å². The molecule has 9 rings (SSSR count). The lowest BCUT2D eigenvalue weighted by Gasteiger charge is -2.36. The molecule has 18 nitrogen and oxygen atoms in total. The standard InChI is InChI=1S/3C17H16Cl2FN3O3S.CH4/c3*1-23-16(17(24)21-12-5-6-14(20)13(19)8-12)9-15(22-27(23,25)26)10-3-2-4-11(18)7-10;/h3*2-8,15-16,22H,9H2,1H3,(H,21,24);1H4/t2*15-,16+;;/m10../s1. The Bertz CT molecular complexity index is 3340. The van der Waals surface area contributed by atoms with Crippen molar-refractivity contribution in [1.29, 1.82) is 0 Å². The van der Waals surface area contributed by atoms with Crippen molar-refractivity contribution in [2.75, 3.05) is 37.1 Å². The van der Waals surface area contributed by atoms with Crippen molar-refractivity contribution in [1.82, 2.24) is 27.1 Å². The number of nitrogens with zero attached hydrogens (tertiary/aromatic N) is 3. The van der Waals surface area contributed by atoms with Crippen molar-refractivity contribution in [2.45, 2.75) is 62.9 Å². The van der Waals surface area contributed by atoms with Crippen LogP contribution in [0, 0.1) is 17.5 Å². The third-order valence-corrected chi connectivity index (χ3v) is 19.3. The average molecular weight is 1310 g/mol. The van der Waals surface area contributed by atoms with Crippen LogP contribution in [0.25, 0.3) is 0 Å². The van der Waals surface area contributed by atoms with Gasteiger partial charge in [-0.05, 0) is 127 Å². The van der Waals surface area contributed by atoms with Crippen molar-refractivity contribution in [3.05, 3.63) is 192 Å². The topological polar surface area (TPSA) is 236 Å². The first-order valence-electron chi connectivity index (χ1n) is 23.8. The fourth-order valence-corrected chi connectivity index (χ4v) is 13.5. The molecule has 6 N–H and O–H groups in total. The maximum atomic E-state index is 13.3. The molecular weight excluding hydrogens is 1260 g/mol. The number of rotatable bonds is 9. The lowest BCUT2D eigenvalue weighted by atomic mass is 9.99. The second-order valence-corrected chi connectivity index (χ2v) is 26.2. The van der Waals surface area contributed by atoms with E-state index in [0.717, 1.165) is 31.1 Å². The Morgan fingerprint density at radius 2 is 0.671 bits per heavy atom. The van der Waals surface area contributed by atoms with Gasteiger partial charge < -0.3 is 16.0 Å². The van der Waals surface area contributed by atoms with Gasteiger partial charge in [-0.1, -0.05) is 113 Å². The SMILES string of the molecule is C.CN1C(C(=O)Nc2ccc(F)c(Cl)c2)CC(c2cccc(Cl)c2)NS1(=O)=O.CN1[C@@H](C(=O)Nc2ccc(F)c(Cl)c2)C[C@@H](c2cccc(Cl)c2)NS1(=O)=O.CN1[C@H](C(=O)Nc2ccc(F)c(Cl)c2)C[C@H](c2cccc(Cl)c2)NS1(=O)=O. The van der Waals surface area contributed by atoms with Gasteiger partial charge in [0.25, 0.3) is 30.6 Å². The van der Waals surface area contributed by atoms with E-state index in [9.17, 15) is 52.8 Å². The van der Waals surface area contributed by atoms with Crippen LogP contribution in [-0.4, -0.2) is 95.2 Å². The molecule has 6 aromatic carbocycles. The zero-order valence-corrected chi connectivity index (χ0v) is 49.3. The molecule has 0 spiro atoms. The molecule has 440 valence electrons. The summed E-state index contributed by atoms with van der Waals surface area (Å²) in [6.07, 6.45) is 0.574. The van der Waals surface area contributed by atoms with Crippen LogP contribution in [0.15, 0.2) is 127 Å². The molecule has 0 aromatic heterocycles. The van der Waals surface area contributed by atoms with Crippen LogP contribution in [0.5, 0.6) is 0 Å². The molecule has 3 aliphatic rings. The lowest BCUT2D eigenvalue weighted by molar-refractivity contribution is -0.120. The Morgan fingerprint density at radius 3 is 0.890 bits per heavy atom. The number of amides is 3. The van der Waals surface area contributed by atoms with Gasteiger partial charge in [0.05, 0.1) is 15.1 Å². The number of carbonyl (C=O) groups excluding carboxylic acids is 3. The van der Waals surface area contributed by atoms with Crippen LogP contribution in [0.1, 0.15) is 61.5 Å². The van der Waals surface area contributed by atoms with Gasteiger partial charge in [0, 0.05) is 71.4 Å². The van der Waals surface area contributed by atoms with E-state index in [1.54, 1.807) is 72.8 Å². The molecule has 0 bridgehead atoms. The van der Waals surface area contributed by atoms with E-state index < -0.39 is 102 Å². The van der Waals surface area contributed by atoms with E-state index in [4.69, 9.17) is 69.6 Å². The summed E-state index contributed by atoms with van der Waals surface area (Å²) in [6, 6.07) is 26.8. The number of likely N-dealkylation sites (N-methyl/N-ethyl adjacent to an activating group) is 3. The van der Waals surface area contributed by atoms with E-state index in [1.807, 2.05) is 0 Å². The lowest BCUT2D eigenvalue weighted by Crippen LogP contribution is -2.55. The predicted octanol–water partition coefficient (Wildman–Crippen LogP) is 10.7. The maximum Gasteiger partial charge on any atom is 0.280 e. The van der Waals surface area contributed by atoms with E-state index >= 15 is 0 Å². The molecule has 0 saturated carbocycles. The summed E-state index contributed by atoms with van der Waals surface area (Å²) in [5, 5.41) is 8.71. The Morgan fingerprint density at radius 1 is 0.427 bits per heavy atom. The molecule has 6 atom stereocenters. The van der Waals surface area contributed by atoms with E-state index in [1.165, 1.54) is 57.5 Å². The van der Waals surface area contributed by atoms with Crippen LogP contribution in [0.2, 0.25) is 30.1 Å². The van der Waals surface area contributed by atoms with Gasteiger partial charge in [-0.3, -0.25) is 14.4 Å². The number of nitrogens with one attached hydrogen (secondary N) is 6. The normalized spacial score (nSPS) is 22.1. The number of hydrogen-bond acceptors (Lipinski definition) is 9. The Balaban J connectivity index is 0.000000197. The molecule has 3 amide bonds. The van der Waals surface area contributed by atoms with Gasteiger partial charge in [0.2, 0.25) is 17.7 Å². The Kier molecular flexibility index (Phi) is 22.3. The fourth-order valence-electron chi connectivity index (χ4n) is 8.55. The molecule has 6 aromatic rings. The number of hydrogen-bond donors (Lipinski definition) is 6. The first kappa shape index (κ1) is 66.0. The van der Waals surface area contributed by atoms with Crippen molar-refractivity contribution < 1.29 is 52.8 Å². The van der Waals surface area contributed by atoms with Crippen LogP contribution in [0.4, 0.5) is 30.2 Å². The summed E-state index contributed by atoms with van der Waals surface area (Å²) >= 11 is 35.1. The van der Waals surface area contributed by atoms with Gasteiger partial charge in [-0.25, -0.2) is 13.2 Å². The molecule has 0 radical (unpaired) electrons. The molecule has 0 aliphatic carbocycles. The van der Waals surface area contributed by atoms with Crippen LogP contribution in [0.3, 0.4) is 0 Å². The first-order chi connectivity index (χ1) is 38.0. The third kappa shape index (κ3) is 16.6. The van der Waals surface area contributed by atoms with Gasteiger partial charge in [0.15, 0.2) is 0 Å². The highest BCUT2D eigenvalue weighted by atomic mass is 35.5. The number of benzene rings is 6. The van der Waals surface area contributed by atoms with E-state index in [0.29, 0.717) is 31.8 Å². The van der Waals surface area contributed by atoms with E-state index in [-0.39, 0.29) is 58.8 Å². The summed E-state index contributed by atoms with van der Waals surface area (Å²) in [4.78, 5) is 38.1. The minimum Gasteiger partial charge on any atom is -0.325 e. The zero-order chi connectivity index (χ0) is 59.3. The average Bonchev–Trinajstić information content (AvgIpc) is 2.58. The van der Waals surface area contributed by atoms with Crippen LogP contribution >= 0.6 is 69.6 Å². The maximum absolute atomic E-state index is 13.3. The Hall–Kier alpha value is -5.13. The predicted molar refractivity (Wildman–Crippen MR) is 314 cm³/mol. The second kappa shape index (κ2) is 27.7. The highest BCUT2D eigenvalue weighted by Crippen LogP contribution is 2.34. The van der Waals surface area contributed by atoms with Crippen molar-refractivity contribution >= 4 is 135 Å². The summed E-state index contributed by atoms with van der Waals surface area (Å²) in [7, 11) is -7.69. The second-order valence-electron chi connectivity index (χ2n) is 18.3. The number of halogens is 9. The van der Waals surface area contributed by atoms with Crippen molar-refractivity contribution in [3.63, 3.8) is 0 Å². The zero-order valence-electron chi connectivity index (χ0n) is 42.4. The van der Waals surface area contributed by atoms with Gasteiger partial charge in [0.1, 0.15) is 35.6 Å². The summed E-state index contributed by atoms with van der Waals surface area (Å²) in [6.45, 7) is 0. The molecule has 3 fully saturated rings.